The van der Waals surface area contributed by atoms with Crippen LogP contribution in [0, 0.1) is 5.92 Å². The van der Waals surface area contributed by atoms with Crippen LogP contribution in [0.15, 0.2) is 30.9 Å². The van der Waals surface area contributed by atoms with E-state index >= 15 is 0 Å². The van der Waals surface area contributed by atoms with Crippen LogP contribution in [0.25, 0.3) is 16.9 Å². The molecule has 0 aliphatic heterocycles. The van der Waals surface area contributed by atoms with Gasteiger partial charge in [0, 0.05) is 36.7 Å². The first-order valence-corrected chi connectivity index (χ1v) is 12.0. The Kier molecular flexibility index (Phi) is 7.80. The molecule has 39 heavy (non-hydrogen) atoms. The number of methoxy groups -OCH3 is 2. The molecular formula is C24H26F6N6O3. The van der Waals surface area contributed by atoms with Crippen LogP contribution in [-0.4, -0.2) is 69.4 Å². The van der Waals surface area contributed by atoms with Gasteiger partial charge >= 0.3 is 18.4 Å². The molecule has 0 saturated heterocycles. The molecule has 0 radical (unpaired) electrons. The molecule has 2 unspecified atom stereocenters. The molecule has 0 spiro atoms. The smallest absolute Gasteiger partial charge is 0.414 e. The fraction of sp³-hybridized carbons (Fsp3) is 0.500. The van der Waals surface area contributed by atoms with Crippen LogP contribution in [-0.2, 0) is 0 Å². The van der Waals surface area contributed by atoms with E-state index in [0.29, 0.717) is 23.4 Å². The van der Waals surface area contributed by atoms with E-state index in [1.165, 1.54) is 33.5 Å². The number of nitrogens with one attached hydrogen (secondary N) is 1. The molecule has 1 aliphatic rings. The van der Waals surface area contributed by atoms with Crippen LogP contribution in [0.3, 0.4) is 0 Å². The Morgan fingerprint density at radius 3 is 2.46 bits per heavy atom. The van der Waals surface area contributed by atoms with Gasteiger partial charge in [-0.2, -0.15) is 26.3 Å². The Labute approximate surface area is 219 Å². The van der Waals surface area contributed by atoms with Crippen LogP contribution in [0.5, 0.6) is 11.6 Å². The van der Waals surface area contributed by atoms with Gasteiger partial charge in [0.1, 0.15) is 5.75 Å². The van der Waals surface area contributed by atoms with E-state index in [1.807, 2.05) is 0 Å². The number of carbonyl (C=O) groups is 1. The maximum absolute atomic E-state index is 14.5. The number of alkyl halides is 6. The topological polar surface area (TPSA) is 93.9 Å². The van der Waals surface area contributed by atoms with Gasteiger partial charge in [-0.25, -0.2) is 14.8 Å². The van der Waals surface area contributed by atoms with E-state index in [2.05, 4.69) is 20.3 Å². The average molecular weight is 560 g/mol. The molecule has 1 fully saturated rings. The summed E-state index contributed by atoms with van der Waals surface area (Å²) in [5.41, 5.74) is 0.0986. The number of fused-ring (bicyclic) bond motifs is 1. The third kappa shape index (κ3) is 6.28. The summed E-state index contributed by atoms with van der Waals surface area (Å²) in [5.74, 6) is -0.237. The van der Waals surface area contributed by atoms with Gasteiger partial charge in [0.15, 0.2) is 11.7 Å². The molecule has 1 saturated carbocycles. The van der Waals surface area contributed by atoms with Gasteiger partial charge in [-0.15, -0.1) is 0 Å². The molecule has 212 valence electrons. The van der Waals surface area contributed by atoms with Crippen LogP contribution < -0.4 is 14.8 Å². The highest BCUT2D eigenvalue weighted by Gasteiger charge is 2.49. The lowest BCUT2D eigenvalue weighted by Gasteiger charge is -2.33. The van der Waals surface area contributed by atoms with Gasteiger partial charge in [0.05, 0.1) is 38.2 Å². The molecule has 4 rings (SSSR count). The number of aromatic nitrogens is 4. The molecule has 1 aliphatic carbocycles. The molecule has 2 amide bonds. The summed E-state index contributed by atoms with van der Waals surface area (Å²) < 4.78 is 94.7. The summed E-state index contributed by atoms with van der Waals surface area (Å²) in [6, 6.07) is -4.05. The third-order valence-corrected chi connectivity index (χ3v) is 6.38. The van der Waals surface area contributed by atoms with Gasteiger partial charge in [-0.3, -0.25) is 4.98 Å². The number of rotatable bonds is 9. The van der Waals surface area contributed by atoms with Crippen LogP contribution in [0.4, 0.5) is 31.1 Å². The molecule has 3 aromatic rings. The lowest BCUT2D eigenvalue weighted by Crippen LogP contribution is -2.51. The molecule has 3 heterocycles. The zero-order valence-corrected chi connectivity index (χ0v) is 21.2. The maximum atomic E-state index is 14.5. The van der Waals surface area contributed by atoms with Crippen molar-refractivity contribution in [3.8, 4) is 22.9 Å². The summed E-state index contributed by atoms with van der Waals surface area (Å²) in [5, 5.41) is 2.19. The Balaban J connectivity index is 1.74. The molecular weight excluding hydrogens is 534 g/mol. The predicted octanol–water partition coefficient (Wildman–Crippen LogP) is 5.17. The zero-order chi connectivity index (χ0) is 28.5. The molecule has 0 bridgehead atoms. The number of hydrogen-bond donors (Lipinski definition) is 1. The van der Waals surface area contributed by atoms with Gasteiger partial charge < -0.3 is 24.1 Å². The van der Waals surface area contributed by atoms with E-state index in [4.69, 9.17) is 9.47 Å². The minimum Gasteiger partial charge on any atom is -0.494 e. The number of carbonyl (C=O) groups excluding carboxylic acids is 1. The van der Waals surface area contributed by atoms with E-state index in [0.717, 1.165) is 12.3 Å². The number of ether oxygens (including phenoxy) is 2. The van der Waals surface area contributed by atoms with E-state index in [1.54, 1.807) is 10.6 Å². The van der Waals surface area contributed by atoms with Crippen molar-refractivity contribution in [3.05, 3.63) is 36.5 Å². The quantitative estimate of drug-likeness (QED) is 0.363. The number of urea groups is 1. The normalized spacial score (nSPS) is 15.6. The van der Waals surface area contributed by atoms with E-state index in [-0.39, 0.29) is 22.9 Å². The van der Waals surface area contributed by atoms with Gasteiger partial charge in [-0.05, 0) is 31.7 Å². The number of halogens is 6. The van der Waals surface area contributed by atoms with Crippen LogP contribution in [0.1, 0.15) is 37.9 Å². The van der Waals surface area contributed by atoms with E-state index < -0.39 is 55.0 Å². The minimum absolute atomic E-state index is 0.0974. The van der Waals surface area contributed by atoms with Gasteiger partial charge in [0.25, 0.3) is 5.88 Å². The van der Waals surface area contributed by atoms with Crippen molar-refractivity contribution in [1.82, 2.24) is 29.6 Å². The van der Waals surface area contributed by atoms with Crippen molar-refractivity contribution < 1.29 is 40.6 Å². The Morgan fingerprint density at radius 2 is 1.90 bits per heavy atom. The van der Waals surface area contributed by atoms with Crippen molar-refractivity contribution in [3.63, 3.8) is 0 Å². The van der Waals surface area contributed by atoms with E-state index in [9.17, 15) is 31.1 Å². The van der Waals surface area contributed by atoms with Crippen molar-refractivity contribution >= 4 is 11.7 Å². The summed E-state index contributed by atoms with van der Waals surface area (Å²) in [4.78, 5) is 25.8. The summed E-state index contributed by atoms with van der Waals surface area (Å²) in [6.45, 7) is 0.855. The van der Waals surface area contributed by atoms with Gasteiger partial charge in [-0.1, -0.05) is 0 Å². The monoisotopic (exact) mass is 560 g/mol. The first kappa shape index (κ1) is 28.2. The van der Waals surface area contributed by atoms with Crippen molar-refractivity contribution in [2.45, 2.75) is 50.6 Å². The number of imidazole rings is 1. The Hall–Kier alpha value is -3.78. The molecule has 2 atom stereocenters. The lowest BCUT2D eigenvalue weighted by molar-refractivity contribution is -0.179. The number of hydrogen-bond acceptors (Lipinski definition) is 6. The van der Waals surface area contributed by atoms with Crippen molar-refractivity contribution in [2.24, 2.45) is 5.92 Å². The molecule has 3 aromatic heterocycles. The Morgan fingerprint density at radius 1 is 1.18 bits per heavy atom. The second kappa shape index (κ2) is 10.8. The van der Waals surface area contributed by atoms with Crippen molar-refractivity contribution in [2.75, 3.05) is 20.8 Å². The first-order valence-electron chi connectivity index (χ1n) is 12.0. The third-order valence-electron chi connectivity index (χ3n) is 6.38. The summed E-state index contributed by atoms with van der Waals surface area (Å²) in [6.07, 6.45) is -4.35. The standard InChI is InChI=1S/C24H26F6N6O3/c1-4-36(22(37)34-16(13-5-6-13)10-23(25,26)27)19(24(28,29)30)15-9-14(18(38-2)11-32-15)17-12-35-8-7-31-20(35)21(33-17)39-3/h7-9,11-13,16,19H,4-6,10H2,1-3H3,(H,34,37). The molecule has 15 heteroatoms. The number of amides is 2. The highest BCUT2D eigenvalue weighted by Crippen LogP contribution is 2.41. The average Bonchev–Trinajstić information content (AvgIpc) is 3.61. The highest BCUT2D eigenvalue weighted by atomic mass is 19.4. The fourth-order valence-electron chi connectivity index (χ4n) is 4.41. The minimum atomic E-state index is -5.01. The Bertz CT molecular complexity index is 1320. The molecule has 0 aromatic carbocycles. The first-order chi connectivity index (χ1) is 18.4. The largest absolute Gasteiger partial charge is 0.494 e. The predicted molar refractivity (Wildman–Crippen MR) is 126 cm³/mol. The van der Waals surface area contributed by atoms with Crippen LogP contribution >= 0.6 is 0 Å². The second-order valence-electron chi connectivity index (χ2n) is 9.05. The van der Waals surface area contributed by atoms with Crippen LogP contribution in [0.2, 0.25) is 0 Å². The summed E-state index contributed by atoms with van der Waals surface area (Å²) in [7, 11) is 2.67. The van der Waals surface area contributed by atoms with Gasteiger partial charge in [0.2, 0.25) is 0 Å². The molecule has 1 N–H and O–H groups in total. The maximum Gasteiger partial charge on any atom is 0.414 e. The number of nitrogens with zero attached hydrogens (tertiary/aromatic N) is 5. The fourth-order valence-corrected chi connectivity index (χ4v) is 4.41. The summed E-state index contributed by atoms with van der Waals surface area (Å²) >= 11 is 0. The highest BCUT2D eigenvalue weighted by molar-refractivity contribution is 5.76. The number of pyridine rings is 1. The lowest BCUT2D eigenvalue weighted by atomic mass is 10.1. The van der Waals surface area contributed by atoms with Crippen molar-refractivity contribution in [1.29, 1.82) is 0 Å². The SMILES string of the molecule is CCN(C(=O)NC(CC(F)(F)F)C1CC1)C(c1cc(-c2cn3ccnc3c(OC)n2)c(OC)cn1)C(F)(F)F. The zero-order valence-electron chi connectivity index (χ0n) is 21.2. The molecule has 9 nitrogen and oxygen atoms in total. The second-order valence-corrected chi connectivity index (χ2v) is 9.05.